The number of fused-ring (bicyclic) bond motifs is 1. The van der Waals surface area contributed by atoms with Crippen molar-refractivity contribution in [2.45, 2.75) is 38.0 Å². The summed E-state index contributed by atoms with van der Waals surface area (Å²) in [5.41, 5.74) is 1.89. The van der Waals surface area contributed by atoms with Gasteiger partial charge in [0.2, 0.25) is 11.8 Å². The number of carboxylic acid groups (broad SMARTS) is 1. The van der Waals surface area contributed by atoms with Gasteiger partial charge >= 0.3 is 12.0 Å². The molecule has 2 aromatic rings. The summed E-state index contributed by atoms with van der Waals surface area (Å²) in [4.78, 5) is 54.5. The Labute approximate surface area is 221 Å². The molecule has 38 heavy (non-hydrogen) atoms. The standard InChI is InChI=1S/C27H33N5O6/c1-18(20-7-5-4-6-8-20)15-30-16-23-31(22(26(30)36)13-25(34)35)24(33)17-29(2)32(23)27(37)28-14-19-9-11-21(38-3)12-10-19/h4-12,18,22-23H,13-17H2,1-3H3,(H,28,37)(H,34,35)/t18?,22-,23-/m0/s1. The number of urea groups is 1. The van der Waals surface area contributed by atoms with Crippen LogP contribution in [0.4, 0.5) is 4.79 Å². The number of nitrogens with zero attached hydrogens (tertiary/aromatic N) is 4. The average Bonchev–Trinajstić information content (AvgIpc) is 2.90. The van der Waals surface area contributed by atoms with Crippen molar-refractivity contribution in [3.8, 4) is 5.75 Å². The van der Waals surface area contributed by atoms with Gasteiger partial charge in [-0.25, -0.2) is 14.8 Å². The third kappa shape index (κ3) is 5.72. The van der Waals surface area contributed by atoms with Crippen LogP contribution in [-0.4, -0.2) is 94.7 Å². The molecule has 2 aromatic carbocycles. The van der Waals surface area contributed by atoms with E-state index in [0.717, 1.165) is 11.1 Å². The summed E-state index contributed by atoms with van der Waals surface area (Å²) in [6.45, 7) is 2.45. The first-order valence-electron chi connectivity index (χ1n) is 12.5. The quantitative estimate of drug-likeness (QED) is 0.540. The minimum absolute atomic E-state index is 0.0356. The van der Waals surface area contributed by atoms with E-state index in [9.17, 15) is 24.3 Å². The fraction of sp³-hybridized carbons (Fsp3) is 0.407. The Morgan fingerprint density at radius 2 is 1.79 bits per heavy atom. The monoisotopic (exact) mass is 523 g/mol. The molecule has 0 saturated carbocycles. The van der Waals surface area contributed by atoms with Crippen molar-refractivity contribution in [2.75, 3.05) is 33.8 Å². The highest BCUT2D eigenvalue weighted by Crippen LogP contribution is 2.29. The van der Waals surface area contributed by atoms with Crippen LogP contribution in [0.1, 0.15) is 30.4 Å². The third-order valence-corrected chi connectivity index (χ3v) is 6.98. The molecule has 1 unspecified atom stereocenters. The number of hydrogen-bond acceptors (Lipinski definition) is 6. The second-order valence-electron chi connectivity index (χ2n) is 9.62. The lowest BCUT2D eigenvalue weighted by Gasteiger charge is -2.54. The van der Waals surface area contributed by atoms with Gasteiger partial charge in [-0.15, -0.1) is 0 Å². The summed E-state index contributed by atoms with van der Waals surface area (Å²) in [6, 6.07) is 15.3. The molecule has 4 rings (SSSR count). The van der Waals surface area contributed by atoms with E-state index >= 15 is 0 Å². The average molecular weight is 524 g/mol. The molecule has 4 amide bonds. The smallest absolute Gasteiger partial charge is 0.334 e. The molecule has 11 heteroatoms. The maximum Gasteiger partial charge on any atom is 0.334 e. The fourth-order valence-corrected chi connectivity index (χ4v) is 5.05. The molecule has 2 aliphatic heterocycles. The van der Waals surface area contributed by atoms with Gasteiger partial charge in [0.25, 0.3) is 0 Å². The van der Waals surface area contributed by atoms with Gasteiger partial charge in [-0.2, -0.15) is 0 Å². The highest BCUT2D eigenvalue weighted by molar-refractivity contribution is 5.93. The Bertz CT molecular complexity index is 1170. The molecule has 3 atom stereocenters. The van der Waals surface area contributed by atoms with Crippen molar-refractivity contribution in [1.29, 1.82) is 0 Å². The summed E-state index contributed by atoms with van der Waals surface area (Å²) < 4.78 is 5.17. The maximum absolute atomic E-state index is 13.5. The zero-order valence-corrected chi connectivity index (χ0v) is 21.7. The van der Waals surface area contributed by atoms with Gasteiger partial charge in [0, 0.05) is 20.1 Å². The zero-order valence-electron chi connectivity index (χ0n) is 21.7. The van der Waals surface area contributed by atoms with Crippen LogP contribution in [-0.2, 0) is 20.9 Å². The van der Waals surface area contributed by atoms with Gasteiger partial charge in [-0.3, -0.25) is 14.4 Å². The number of methoxy groups -OCH3 is 1. The van der Waals surface area contributed by atoms with Crippen molar-refractivity contribution in [3.05, 3.63) is 65.7 Å². The number of carbonyl (C=O) groups is 4. The number of likely N-dealkylation sites (N-methyl/N-ethyl adjacent to an activating group) is 1. The van der Waals surface area contributed by atoms with Gasteiger partial charge in [0.1, 0.15) is 18.0 Å². The van der Waals surface area contributed by atoms with E-state index in [4.69, 9.17) is 4.74 Å². The van der Waals surface area contributed by atoms with Gasteiger partial charge in [0.05, 0.1) is 26.6 Å². The SMILES string of the molecule is COc1ccc(CNC(=O)N2[C@H]3CN(CC(C)c4ccccc4)C(=O)[C@H](CC(=O)O)N3C(=O)CN2C)cc1. The number of piperazine rings is 1. The topological polar surface area (TPSA) is 123 Å². The van der Waals surface area contributed by atoms with Gasteiger partial charge in [-0.1, -0.05) is 49.4 Å². The summed E-state index contributed by atoms with van der Waals surface area (Å²) >= 11 is 0. The fourth-order valence-electron chi connectivity index (χ4n) is 5.05. The molecule has 2 aliphatic rings. The van der Waals surface area contributed by atoms with Crippen LogP contribution in [0.5, 0.6) is 5.75 Å². The van der Waals surface area contributed by atoms with Gasteiger partial charge in [0.15, 0.2) is 0 Å². The molecule has 0 spiro atoms. The molecule has 0 aromatic heterocycles. The van der Waals surface area contributed by atoms with Gasteiger partial charge in [-0.05, 0) is 29.2 Å². The largest absolute Gasteiger partial charge is 0.497 e. The number of ether oxygens (including phenoxy) is 1. The van der Waals surface area contributed by atoms with Crippen LogP contribution in [0.2, 0.25) is 0 Å². The minimum atomic E-state index is -1.20. The van der Waals surface area contributed by atoms with Crippen LogP contribution < -0.4 is 10.1 Å². The van der Waals surface area contributed by atoms with Crippen molar-refractivity contribution < 1.29 is 29.0 Å². The number of carboxylic acids is 1. The van der Waals surface area contributed by atoms with Crippen LogP contribution >= 0.6 is 0 Å². The lowest BCUT2D eigenvalue weighted by Crippen LogP contribution is -2.76. The Morgan fingerprint density at radius 1 is 1.11 bits per heavy atom. The van der Waals surface area contributed by atoms with Gasteiger partial charge < -0.3 is 25.0 Å². The zero-order chi connectivity index (χ0) is 27.4. The molecule has 0 bridgehead atoms. The second kappa shape index (κ2) is 11.5. The Hall–Kier alpha value is -4.12. The third-order valence-electron chi connectivity index (χ3n) is 6.98. The molecule has 2 saturated heterocycles. The molecule has 0 radical (unpaired) electrons. The van der Waals surface area contributed by atoms with Crippen LogP contribution in [0.3, 0.4) is 0 Å². The normalized spacial score (nSPS) is 20.7. The number of nitrogens with one attached hydrogen (secondary N) is 1. The Morgan fingerprint density at radius 3 is 2.42 bits per heavy atom. The lowest BCUT2D eigenvalue weighted by atomic mass is 9.98. The van der Waals surface area contributed by atoms with Crippen molar-refractivity contribution in [1.82, 2.24) is 25.1 Å². The number of rotatable bonds is 8. The summed E-state index contributed by atoms with van der Waals surface area (Å²) in [5.74, 6) is -1.35. The molecule has 2 heterocycles. The predicted octanol–water partition coefficient (Wildman–Crippen LogP) is 1.71. The van der Waals surface area contributed by atoms with E-state index in [1.807, 2.05) is 49.4 Å². The van der Waals surface area contributed by atoms with Crippen LogP contribution in [0.15, 0.2) is 54.6 Å². The van der Waals surface area contributed by atoms with E-state index < -0.39 is 42.4 Å². The van der Waals surface area contributed by atoms with E-state index in [2.05, 4.69) is 5.32 Å². The molecular formula is C27H33N5O6. The second-order valence-corrected chi connectivity index (χ2v) is 9.62. The number of aliphatic carboxylic acids is 1. The van der Waals surface area contributed by atoms with Crippen molar-refractivity contribution in [2.24, 2.45) is 0 Å². The van der Waals surface area contributed by atoms with E-state index in [1.165, 1.54) is 14.9 Å². The number of benzene rings is 2. The predicted molar refractivity (Wildman–Crippen MR) is 138 cm³/mol. The number of amides is 4. The first-order chi connectivity index (χ1) is 18.2. The first-order valence-corrected chi connectivity index (χ1v) is 12.5. The van der Waals surface area contributed by atoms with Crippen molar-refractivity contribution in [3.63, 3.8) is 0 Å². The lowest BCUT2D eigenvalue weighted by molar-refractivity contribution is -0.188. The highest BCUT2D eigenvalue weighted by atomic mass is 16.5. The van der Waals surface area contributed by atoms with E-state index in [-0.39, 0.29) is 25.6 Å². The molecule has 0 aliphatic carbocycles. The number of hydrazine groups is 1. The Balaban J connectivity index is 1.58. The minimum Gasteiger partial charge on any atom is -0.497 e. The number of hydrogen-bond donors (Lipinski definition) is 2. The summed E-state index contributed by atoms with van der Waals surface area (Å²) in [5, 5.41) is 15.4. The summed E-state index contributed by atoms with van der Waals surface area (Å²) in [6.07, 6.45) is -1.38. The first kappa shape index (κ1) is 26.9. The molecule has 11 nitrogen and oxygen atoms in total. The maximum atomic E-state index is 13.5. The van der Waals surface area contributed by atoms with Crippen molar-refractivity contribution >= 4 is 23.8 Å². The van der Waals surface area contributed by atoms with Crippen LogP contribution in [0, 0.1) is 0 Å². The molecular weight excluding hydrogens is 490 g/mol. The number of carbonyl (C=O) groups excluding carboxylic acids is 3. The van der Waals surface area contributed by atoms with Crippen LogP contribution in [0.25, 0.3) is 0 Å². The van der Waals surface area contributed by atoms with E-state index in [1.54, 1.807) is 31.2 Å². The summed E-state index contributed by atoms with van der Waals surface area (Å²) in [7, 11) is 3.20. The molecule has 2 N–H and O–H groups in total. The Kier molecular flexibility index (Phi) is 8.16. The molecule has 202 valence electrons. The highest BCUT2D eigenvalue weighted by Gasteiger charge is 2.51. The molecule has 2 fully saturated rings. The van der Waals surface area contributed by atoms with E-state index in [0.29, 0.717) is 12.3 Å².